The van der Waals surface area contributed by atoms with Crippen LogP contribution >= 0.6 is 0 Å². The Kier molecular flexibility index (Phi) is 2.00. The molecular weight excluding hydrogens is 168 g/mol. The number of anilines is 1. The summed E-state index contributed by atoms with van der Waals surface area (Å²) in [4.78, 5) is 3.64. The Morgan fingerprint density at radius 3 is 2.33 bits per heavy atom. The summed E-state index contributed by atoms with van der Waals surface area (Å²) in [6.07, 6.45) is 0. The van der Waals surface area contributed by atoms with Gasteiger partial charge in [-0.2, -0.15) is 0 Å². The van der Waals surface area contributed by atoms with Gasteiger partial charge in [-0.05, 0) is 13.0 Å². The van der Waals surface area contributed by atoms with Gasteiger partial charge in [-0.1, -0.05) is 6.07 Å². The molecule has 0 aliphatic rings. The van der Waals surface area contributed by atoms with E-state index in [9.17, 15) is 12.9 Å². The lowest BCUT2D eigenvalue weighted by atomic mass is 9.80. The van der Waals surface area contributed by atoms with Crippen molar-refractivity contribution < 1.29 is 12.9 Å². The maximum Gasteiger partial charge on any atom is 0.509 e. The predicted octanol–water partition coefficient (Wildman–Crippen LogP) is 1.03. The molecule has 2 N–H and O–H groups in total. The molecule has 0 amide bonds. The van der Waals surface area contributed by atoms with E-state index in [1.165, 1.54) is 6.92 Å². The van der Waals surface area contributed by atoms with Crippen LogP contribution in [0.4, 0.5) is 18.8 Å². The van der Waals surface area contributed by atoms with Gasteiger partial charge in [0, 0.05) is 5.69 Å². The Balaban J connectivity index is 3.18. The number of nitrogen functional groups attached to an aromatic ring is 1. The van der Waals surface area contributed by atoms with Gasteiger partial charge in [0.05, 0.1) is 0 Å². The highest BCUT2D eigenvalue weighted by atomic mass is 19.4. The van der Waals surface area contributed by atoms with Gasteiger partial charge >= 0.3 is 6.98 Å². The van der Waals surface area contributed by atoms with Gasteiger partial charge < -0.3 is 18.7 Å². The van der Waals surface area contributed by atoms with Crippen LogP contribution in [0.1, 0.15) is 5.69 Å². The normalized spacial score (nSPS) is 11.7. The molecule has 0 aromatic carbocycles. The van der Waals surface area contributed by atoms with E-state index >= 15 is 0 Å². The summed E-state index contributed by atoms with van der Waals surface area (Å²) in [5, 5.41) is 0. The Morgan fingerprint density at radius 1 is 1.33 bits per heavy atom. The average molecular weight is 175 g/mol. The second kappa shape index (κ2) is 2.69. The van der Waals surface area contributed by atoms with Gasteiger partial charge in [-0.25, -0.2) is 4.98 Å². The zero-order valence-corrected chi connectivity index (χ0v) is 6.39. The Bertz CT molecular complexity index is 277. The molecule has 0 atom stereocenters. The van der Waals surface area contributed by atoms with Gasteiger partial charge in [0.1, 0.15) is 5.82 Å². The maximum atomic E-state index is 12.1. The van der Waals surface area contributed by atoms with E-state index in [2.05, 4.69) is 4.98 Å². The summed E-state index contributed by atoms with van der Waals surface area (Å²) in [6.45, 7) is -3.49. The van der Waals surface area contributed by atoms with E-state index < -0.39 is 12.4 Å². The third-order valence-corrected chi connectivity index (χ3v) is 1.37. The molecule has 2 nitrogen and oxygen atoms in total. The first-order chi connectivity index (χ1) is 5.39. The molecule has 0 bridgehead atoms. The third kappa shape index (κ3) is 1.90. The van der Waals surface area contributed by atoms with Crippen molar-refractivity contribution in [3.05, 3.63) is 17.8 Å². The van der Waals surface area contributed by atoms with E-state index in [4.69, 9.17) is 5.73 Å². The molecule has 1 rings (SSSR count). The van der Waals surface area contributed by atoms with Gasteiger partial charge in [-0.15, -0.1) is 5.46 Å². The Labute approximate surface area is 67.7 Å². The molecule has 0 aliphatic heterocycles. The maximum absolute atomic E-state index is 12.1. The minimum absolute atomic E-state index is 0.0933. The fourth-order valence-electron chi connectivity index (χ4n) is 0.911. The molecule has 1 heterocycles. The summed E-state index contributed by atoms with van der Waals surface area (Å²) < 4.78 is 36.4. The third-order valence-electron chi connectivity index (χ3n) is 1.37. The number of rotatable bonds is 1. The van der Waals surface area contributed by atoms with Crippen LogP contribution in [0.3, 0.4) is 0 Å². The Hall–Kier alpha value is -1.20. The quantitative estimate of drug-likeness (QED) is 0.647. The molecule has 1 aromatic rings. The molecule has 0 saturated carbocycles. The van der Waals surface area contributed by atoms with Crippen LogP contribution in [0.5, 0.6) is 0 Å². The van der Waals surface area contributed by atoms with Gasteiger partial charge in [0.2, 0.25) is 0 Å². The lowest BCUT2D eigenvalue weighted by Crippen LogP contribution is -2.34. The van der Waals surface area contributed by atoms with Gasteiger partial charge in [-0.3, -0.25) is 0 Å². The molecule has 0 aliphatic carbocycles. The number of nitrogens with two attached hydrogens (primary N) is 1. The summed E-state index contributed by atoms with van der Waals surface area (Å²) in [5.41, 5.74) is 4.74. The molecule has 0 spiro atoms. The standard InChI is InChI=1S/C6H7BF3N2/c1-4-2-5(7(8,9)10)3-6(11)12-4/h2-3H,1H3,(H2,11,12)/q-1. The van der Waals surface area contributed by atoms with E-state index in [1.807, 2.05) is 0 Å². The van der Waals surface area contributed by atoms with Gasteiger partial charge in [0.15, 0.2) is 0 Å². The zero-order valence-electron chi connectivity index (χ0n) is 6.39. The van der Waals surface area contributed by atoms with Crippen molar-refractivity contribution in [2.24, 2.45) is 0 Å². The second-order valence-electron chi connectivity index (χ2n) is 2.54. The molecule has 6 heteroatoms. The lowest BCUT2D eigenvalue weighted by Gasteiger charge is -2.15. The molecular formula is C6H7BF3N2-. The number of hydrogen-bond acceptors (Lipinski definition) is 2. The first kappa shape index (κ1) is 8.90. The summed E-state index contributed by atoms with van der Waals surface area (Å²) in [7, 11) is 0. The van der Waals surface area contributed by atoms with Crippen LogP contribution in [0, 0.1) is 6.92 Å². The van der Waals surface area contributed by atoms with Crippen molar-refractivity contribution in [1.29, 1.82) is 0 Å². The molecule has 0 saturated heterocycles. The van der Waals surface area contributed by atoms with Crippen molar-refractivity contribution in [3.63, 3.8) is 0 Å². The topological polar surface area (TPSA) is 38.9 Å². The van der Waals surface area contributed by atoms with E-state index in [1.54, 1.807) is 0 Å². The minimum Gasteiger partial charge on any atom is -0.445 e. The van der Waals surface area contributed by atoms with Gasteiger partial charge in [0.25, 0.3) is 0 Å². The first-order valence-corrected chi connectivity index (χ1v) is 3.33. The zero-order chi connectivity index (χ0) is 9.35. The monoisotopic (exact) mass is 175 g/mol. The number of nitrogens with zero attached hydrogens (tertiary/aromatic N) is 1. The van der Waals surface area contributed by atoms with Crippen LogP contribution in [0.25, 0.3) is 0 Å². The van der Waals surface area contributed by atoms with Crippen molar-refractivity contribution >= 4 is 18.3 Å². The number of halogens is 3. The molecule has 0 fully saturated rings. The smallest absolute Gasteiger partial charge is 0.445 e. The fourth-order valence-corrected chi connectivity index (χ4v) is 0.911. The van der Waals surface area contributed by atoms with E-state index in [0.717, 1.165) is 12.1 Å². The number of hydrogen-bond donors (Lipinski definition) is 1. The molecule has 0 radical (unpaired) electrons. The largest absolute Gasteiger partial charge is 0.509 e. The molecule has 0 unspecified atom stereocenters. The first-order valence-electron chi connectivity index (χ1n) is 3.33. The van der Waals surface area contributed by atoms with Crippen molar-refractivity contribution in [2.75, 3.05) is 5.73 Å². The summed E-state index contributed by atoms with van der Waals surface area (Å²) in [5.74, 6) is -0.0933. The van der Waals surface area contributed by atoms with E-state index in [-0.39, 0.29) is 11.5 Å². The number of pyridine rings is 1. The molecule has 12 heavy (non-hydrogen) atoms. The average Bonchev–Trinajstić information content (AvgIpc) is 1.82. The van der Waals surface area contributed by atoms with E-state index in [0.29, 0.717) is 0 Å². The second-order valence-corrected chi connectivity index (χ2v) is 2.54. The summed E-state index contributed by atoms with van der Waals surface area (Å²) in [6, 6.07) is 1.82. The van der Waals surface area contributed by atoms with Crippen molar-refractivity contribution in [2.45, 2.75) is 6.92 Å². The molecule has 1 aromatic heterocycles. The highest BCUT2D eigenvalue weighted by molar-refractivity contribution is 6.73. The van der Waals surface area contributed by atoms with Crippen molar-refractivity contribution in [3.8, 4) is 0 Å². The number of aryl methyl sites for hydroxylation is 1. The van der Waals surface area contributed by atoms with Crippen LogP contribution < -0.4 is 11.2 Å². The Morgan fingerprint density at radius 2 is 1.92 bits per heavy atom. The SMILES string of the molecule is Cc1cc([B-](F)(F)F)cc(N)n1. The summed E-state index contributed by atoms with van der Waals surface area (Å²) >= 11 is 0. The highest BCUT2D eigenvalue weighted by Gasteiger charge is 2.25. The predicted molar refractivity (Wildman–Crippen MR) is 42.1 cm³/mol. The lowest BCUT2D eigenvalue weighted by molar-refractivity contribution is 0.501. The highest BCUT2D eigenvalue weighted by Crippen LogP contribution is 2.10. The van der Waals surface area contributed by atoms with Crippen molar-refractivity contribution in [1.82, 2.24) is 4.98 Å². The fraction of sp³-hybridized carbons (Fsp3) is 0.167. The van der Waals surface area contributed by atoms with Crippen LogP contribution in [0.15, 0.2) is 12.1 Å². The van der Waals surface area contributed by atoms with Crippen LogP contribution in [-0.2, 0) is 0 Å². The number of aromatic nitrogens is 1. The van der Waals surface area contributed by atoms with Crippen LogP contribution in [0.2, 0.25) is 0 Å². The van der Waals surface area contributed by atoms with Crippen LogP contribution in [-0.4, -0.2) is 12.0 Å². The molecule has 66 valence electrons. The minimum atomic E-state index is -4.96.